The highest BCUT2D eigenvalue weighted by atomic mass is 32.1. The zero-order chi connectivity index (χ0) is 16.2. The van der Waals surface area contributed by atoms with Gasteiger partial charge in [-0.05, 0) is 30.8 Å². The van der Waals surface area contributed by atoms with Gasteiger partial charge in [-0.25, -0.2) is 0 Å². The molecule has 0 fully saturated rings. The van der Waals surface area contributed by atoms with E-state index in [9.17, 15) is 4.79 Å². The summed E-state index contributed by atoms with van der Waals surface area (Å²) in [6.45, 7) is 6.17. The van der Waals surface area contributed by atoms with E-state index in [0.717, 1.165) is 31.4 Å². The normalized spacial score (nSPS) is 9.86. The standard InChI is InChI=1S/C17H24N2O2S/c1-3-5-6-7-12-16(20)19-17(22)18-14-10-8-9-11-15(14)21-13-4-2/h4,8-11H,2-3,5-7,12-13H2,1H3,(H2,18,19,20,22). The van der Waals surface area contributed by atoms with Crippen molar-refractivity contribution in [3.05, 3.63) is 36.9 Å². The largest absolute Gasteiger partial charge is 0.487 e. The summed E-state index contributed by atoms with van der Waals surface area (Å²) in [6.07, 6.45) is 6.44. The third kappa shape index (κ3) is 7.22. The molecular weight excluding hydrogens is 296 g/mol. The first-order valence-corrected chi connectivity index (χ1v) is 8.01. The van der Waals surface area contributed by atoms with Crippen molar-refractivity contribution >= 4 is 28.9 Å². The van der Waals surface area contributed by atoms with Crippen LogP contribution < -0.4 is 15.4 Å². The Bertz CT molecular complexity index is 503. The van der Waals surface area contributed by atoms with Gasteiger partial charge >= 0.3 is 0 Å². The zero-order valence-electron chi connectivity index (χ0n) is 13.1. The van der Waals surface area contributed by atoms with Gasteiger partial charge in [0.25, 0.3) is 0 Å². The van der Waals surface area contributed by atoms with Crippen molar-refractivity contribution in [3.63, 3.8) is 0 Å². The lowest BCUT2D eigenvalue weighted by molar-refractivity contribution is -0.119. The molecule has 0 aromatic heterocycles. The molecule has 2 N–H and O–H groups in total. The van der Waals surface area contributed by atoms with E-state index in [1.807, 2.05) is 24.3 Å². The summed E-state index contributed by atoms with van der Waals surface area (Å²) in [5.74, 6) is 0.611. The summed E-state index contributed by atoms with van der Waals surface area (Å²) in [6, 6.07) is 7.43. The molecule has 1 rings (SSSR count). The molecule has 0 saturated heterocycles. The van der Waals surface area contributed by atoms with Crippen LogP contribution in [-0.4, -0.2) is 17.6 Å². The number of anilines is 1. The molecule has 0 saturated carbocycles. The quantitative estimate of drug-likeness (QED) is 0.410. The maximum absolute atomic E-state index is 11.8. The number of rotatable bonds is 9. The van der Waals surface area contributed by atoms with E-state index >= 15 is 0 Å². The van der Waals surface area contributed by atoms with E-state index in [-0.39, 0.29) is 11.0 Å². The summed E-state index contributed by atoms with van der Waals surface area (Å²) in [7, 11) is 0. The van der Waals surface area contributed by atoms with Gasteiger partial charge in [-0.3, -0.25) is 4.79 Å². The first kappa shape index (κ1) is 18.2. The fourth-order valence-corrected chi connectivity index (χ4v) is 2.12. The van der Waals surface area contributed by atoms with Gasteiger partial charge in [-0.15, -0.1) is 0 Å². The van der Waals surface area contributed by atoms with Crippen LogP contribution >= 0.6 is 12.2 Å². The lowest BCUT2D eigenvalue weighted by atomic mass is 10.1. The van der Waals surface area contributed by atoms with E-state index in [1.54, 1.807) is 6.08 Å². The number of nitrogens with one attached hydrogen (secondary N) is 2. The van der Waals surface area contributed by atoms with Gasteiger partial charge in [0.2, 0.25) is 5.91 Å². The Balaban J connectivity index is 2.44. The second-order valence-electron chi connectivity index (χ2n) is 4.91. The number of thiocarbonyl (C=S) groups is 1. The number of carbonyl (C=O) groups excluding carboxylic acids is 1. The number of ether oxygens (including phenoxy) is 1. The first-order chi connectivity index (χ1) is 10.7. The fraction of sp³-hybridized carbons (Fsp3) is 0.412. The number of unbranched alkanes of at least 4 members (excludes halogenated alkanes) is 3. The third-order valence-electron chi connectivity index (χ3n) is 3.00. The minimum atomic E-state index is -0.0573. The lowest BCUT2D eigenvalue weighted by Gasteiger charge is -2.13. The number of hydrogen-bond donors (Lipinski definition) is 2. The molecule has 1 amide bonds. The molecule has 0 aliphatic carbocycles. The lowest BCUT2D eigenvalue weighted by Crippen LogP contribution is -2.34. The SMILES string of the molecule is C=CCOc1ccccc1NC(=S)NC(=O)CCCCCC. The number of benzene rings is 1. The Kier molecular flexibility index (Phi) is 8.91. The van der Waals surface area contributed by atoms with Gasteiger partial charge in [0, 0.05) is 6.42 Å². The van der Waals surface area contributed by atoms with Crippen molar-refractivity contribution in [2.24, 2.45) is 0 Å². The monoisotopic (exact) mass is 320 g/mol. The fourth-order valence-electron chi connectivity index (χ4n) is 1.90. The molecule has 120 valence electrons. The van der Waals surface area contributed by atoms with Gasteiger partial charge < -0.3 is 15.4 Å². The van der Waals surface area contributed by atoms with Gasteiger partial charge in [-0.1, -0.05) is 51.0 Å². The van der Waals surface area contributed by atoms with Crippen LogP contribution in [0, 0.1) is 0 Å². The Morgan fingerprint density at radius 1 is 1.32 bits per heavy atom. The van der Waals surface area contributed by atoms with Crippen molar-refractivity contribution in [3.8, 4) is 5.75 Å². The molecular formula is C17H24N2O2S. The summed E-state index contributed by atoms with van der Waals surface area (Å²) >= 11 is 5.17. The molecule has 5 heteroatoms. The summed E-state index contributed by atoms with van der Waals surface area (Å²) in [5.41, 5.74) is 0.723. The van der Waals surface area contributed by atoms with Crippen LogP contribution in [0.1, 0.15) is 39.0 Å². The number of hydrogen-bond acceptors (Lipinski definition) is 3. The van der Waals surface area contributed by atoms with E-state index in [2.05, 4.69) is 24.1 Å². The molecule has 0 aliphatic heterocycles. The average Bonchev–Trinajstić information content (AvgIpc) is 2.50. The third-order valence-corrected chi connectivity index (χ3v) is 3.21. The van der Waals surface area contributed by atoms with Crippen molar-refractivity contribution in [1.82, 2.24) is 5.32 Å². The molecule has 0 unspecified atom stereocenters. The first-order valence-electron chi connectivity index (χ1n) is 7.61. The van der Waals surface area contributed by atoms with Crippen LogP contribution in [0.15, 0.2) is 36.9 Å². The van der Waals surface area contributed by atoms with Crippen molar-refractivity contribution in [2.75, 3.05) is 11.9 Å². The Hall–Kier alpha value is -1.88. The predicted octanol–water partition coefficient (Wildman–Crippen LogP) is 4.03. The van der Waals surface area contributed by atoms with Crippen LogP contribution in [0.4, 0.5) is 5.69 Å². The Morgan fingerprint density at radius 3 is 2.82 bits per heavy atom. The molecule has 0 bridgehead atoms. The molecule has 1 aromatic rings. The second kappa shape index (κ2) is 10.8. The van der Waals surface area contributed by atoms with E-state index in [4.69, 9.17) is 17.0 Å². The van der Waals surface area contributed by atoms with Gasteiger partial charge in [0.15, 0.2) is 5.11 Å². The highest BCUT2D eigenvalue weighted by Gasteiger charge is 2.07. The van der Waals surface area contributed by atoms with Crippen LogP contribution in [0.2, 0.25) is 0 Å². The molecule has 0 heterocycles. The molecule has 1 aromatic carbocycles. The van der Waals surface area contributed by atoms with Crippen LogP contribution in [0.25, 0.3) is 0 Å². The molecule has 0 aliphatic rings. The highest BCUT2D eigenvalue weighted by Crippen LogP contribution is 2.23. The maximum atomic E-state index is 11.8. The molecule has 0 spiro atoms. The minimum absolute atomic E-state index is 0.0573. The van der Waals surface area contributed by atoms with Crippen molar-refractivity contribution < 1.29 is 9.53 Å². The molecule has 0 radical (unpaired) electrons. The van der Waals surface area contributed by atoms with E-state index < -0.39 is 0 Å². The maximum Gasteiger partial charge on any atom is 0.226 e. The highest BCUT2D eigenvalue weighted by molar-refractivity contribution is 7.80. The van der Waals surface area contributed by atoms with Crippen LogP contribution in [-0.2, 0) is 4.79 Å². The second-order valence-corrected chi connectivity index (χ2v) is 5.32. The number of amides is 1. The van der Waals surface area contributed by atoms with Crippen molar-refractivity contribution in [1.29, 1.82) is 0 Å². The van der Waals surface area contributed by atoms with Gasteiger partial charge in [0.05, 0.1) is 5.69 Å². The van der Waals surface area contributed by atoms with E-state index in [1.165, 1.54) is 0 Å². The zero-order valence-corrected chi connectivity index (χ0v) is 13.9. The number of para-hydroxylation sites is 2. The summed E-state index contributed by atoms with van der Waals surface area (Å²) in [5, 5.41) is 5.97. The smallest absolute Gasteiger partial charge is 0.226 e. The topological polar surface area (TPSA) is 50.4 Å². The Morgan fingerprint density at radius 2 is 2.09 bits per heavy atom. The van der Waals surface area contributed by atoms with Crippen LogP contribution in [0.3, 0.4) is 0 Å². The van der Waals surface area contributed by atoms with E-state index in [0.29, 0.717) is 18.8 Å². The van der Waals surface area contributed by atoms with Crippen molar-refractivity contribution in [2.45, 2.75) is 39.0 Å². The van der Waals surface area contributed by atoms with Gasteiger partial charge in [-0.2, -0.15) is 0 Å². The van der Waals surface area contributed by atoms with Gasteiger partial charge in [0.1, 0.15) is 12.4 Å². The Labute approximate surface area is 137 Å². The van der Waals surface area contributed by atoms with Crippen LogP contribution in [0.5, 0.6) is 5.75 Å². The molecule has 4 nitrogen and oxygen atoms in total. The predicted molar refractivity (Wildman–Crippen MR) is 95.3 cm³/mol. The number of carbonyl (C=O) groups is 1. The summed E-state index contributed by atoms with van der Waals surface area (Å²) < 4.78 is 5.53. The molecule has 22 heavy (non-hydrogen) atoms. The summed E-state index contributed by atoms with van der Waals surface area (Å²) in [4.78, 5) is 11.8. The minimum Gasteiger partial charge on any atom is -0.487 e. The average molecular weight is 320 g/mol. The molecule has 0 atom stereocenters.